The Kier molecular flexibility index (Phi) is 6.17. The van der Waals surface area contributed by atoms with Crippen molar-refractivity contribution in [2.45, 2.75) is 31.7 Å². The molecule has 0 saturated carbocycles. The minimum atomic E-state index is -0.893. The van der Waals surface area contributed by atoms with Crippen molar-refractivity contribution in [3.8, 4) is 0 Å². The zero-order valence-corrected chi connectivity index (χ0v) is 13.9. The Morgan fingerprint density at radius 2 is 1.96 bits per heavy atom. The number of esters is 2. The number of nitrogens with zero attached hydrogens (tertiary/aromatic N) is 1. The monoisotopic (exact) mass is 334 g/mol. The second-order valence-corrected chi connectivity index (χ2v) is 5.52. The molecule has 1 aliphatic rings. The van der Waals surface area contributed by atoms with Crippen molar-refractivity contribution >= 4 is 23.7 Å². The van der Waals surface area contributed by atoms with Gasteiger partial charge in [-0.1, -0.05) is 18.2 Å². The highest BCUT2D eigenvalue weighted by atomic mass is 16.5. The molecule has 24 heavy (non-hydrogen) atoms. The largest absolute Gasteiger partial charge is 0.469 e. The number of ether oxygens (including phenoxy) is 2. The summed E-state index contributed by atoms with van der Waals surface area (Å²) in [7, 11) is 2.52. The fourth-order valence-corrected chi connectivity index (χ4v) is 2.73. The van der Waals surface area contributed by atoms with E-state index in [-0.39, 0.29) is 18.9 Å². The second-order valence-electron chi connectivity index (χ2n) is 5.52. The lowest BCUT2D eigenvalue weighted by Gasteiger charge is -2.30. The smallest absolute Gasteiger partial charge is 0.328 e. The molecule has 0 bridgehead atoms. The summed E-state index contributed by atoms with van der Waals surface area (Å²) in [5.41, 5.74) is 1.95. The minimum Gasteiger partial charge on any atom is -0.469 e. The van der Waals surface area contributed by atoms with Crippen LogP contribution >= 0.6 is 0 Å². The van der Waals surface area contributed by atoms with Crippen LogP contribution in [0.15, 0.2) is 24.3 Å². The zero-order chi connectivity index (χ0) is 17.5. The number of carbonyl (C=O) groups is 3. The number of methoxy groups -OCH3 is 2. The summed E-state index contributed by atoms with van der Waals surface area (Å²) in [5, 5.41) is 2.66. The summed E-state index contributed by atoms with van der Waals surface area (Å²) >= 11 is 0. The van der Waals surface area contributed by atoms with E-state index in [1.807, 2.05) is 24.3 Å². The van der Waals surface area contributed by atoms with Gasteiger partial charge in [0, 0.05) is 18.7 Å². The van der Waals surface area contributed by atoms with Gasteiger partial charge in [-0.05, 0) is 30.9 Å². The van der Waals surface area contributed by atoms with Gasteiger partial charge in [-0.25, -0.2) is 9.59 Å². The van der Waals surface area contributed by atoms with Crippen molar-refractivity contribution in [1.82, 2.24) is 5.32 Å². The normalized spacial score (nSPS) is 14.3. The van der Waals surface area contributed by atoms with Crippen molar-refractivity contribution < 1.29 is 23.9 Å². The first-order chi connectivity index (χ1) is 11.6. The van der Waals surface area contributed by atoms with Gasteiger partial charge >= 0.3 is 18.0 Å². The number of para-hydroxylation sites is 1. The number of hydrogen-bond donors (Lipinski definition) is 1. The molecule has 0 aromatic heterocycles. The average molecular weight is 334 g/mol. The number of amides is 2. The van der Waals surface area contributed by atoms with Crippen LogP contribution in [-0.2, 0) is 25.5 Å². The summed E-state index contributed by atoms with van der Waals surface area (Å²) in [6.45, 7) is 0.577. The van der Waals surface area contributed by atoms with E-state index in [0.29, 0.717) is 6.54 Å². The number of nitrogens with one attached hydrogen (secondary N) is 1. The summed E-state index contributed by atoms with van der Waals surface area (Å²) in [6, 6.07) is 6.42. The molecule has 1 aromatic carbocycles. The molecule has 0 spiro atoms. The molecule has 1 heterocycles. The van der Waals surface area contributed by atoms with E-state index < -0.39 is 18.0 Å². The highest BCUT2D eigenvalue weighted by Crippen LogP contribution is 2.26. The lowest BCUT2D eigenvalue weighted by Crippen LogP contribution is -2.50. The van der Waals surface area contributed by atoms with E-state index in [4.69, 9.17) is 4.74 Å². The first-order valence-electron chi connectivity index (χ1n) is 7.87. The number of benzene rings is 1. The number of anilines is 1. The molecule has 1 aliphatic heterocycles. The van der Waals surface area contributed by atoms with Gasteiger partial charge in [-0.15, -0.1) is 0 Å². The van der Waals surface area contributed by atoms with Crippen LogP contribution in [0.5, 0.6) is 0 Å². The third-order valence-corrected chi connectivity index (χ3v) is 4.00. The maximum atomic E-state index is 12.6. The highest BCUT2D eigenvalue weighted by Gasteiger charge is 2.28. The lowest BCUT2D eigenvalue weighted by molar-refractivity contribution is -0.144. The Morgan fingerprint density at radius 1 is 1.21 bits per heavy atom. The Bertz CT molecular complexity index is 617. The number of carbonyl (C=O) groups excluding carboxylic acids is 3. The zero-order valence-electron chi connectivity index (χ0n) is 13.9. The van der Waals surface area contributed by atoms with E-state index >= 15 is 0 Å². The third kappa shape index (κ3) is 4.24. The topological polar surface area (TPSA) is 84.9 Å². The Hall–Kier alpha value is -2.57. The van der Waals surface area contributed by atoms with Gasteiger partial charge in [0.15, 0.2) is 0 Å². The molecule has 7 heteroatoms. The Balaban J connectivity index is 2.07. The van der Waals surface area contributed by atoms with Crippen LogP contribution in [0.2, 0.25) is 0 Å². The van der Waals surface area contributed by atoms with E-state index in [1.165, 1.54) is 14.2 Å². The average Bonchev–Trinajstić information content (AvgIpc) is 2.63. The number of rotatable bonds is 5. The molecule has 1 N–H and O–H groups in total. The predicted molar refractivity (Wildman–Crippen MR) is 87.7 cm³/mol. The van der Waals surface area contributed by atoms with Crippen LogP contribution in [0.1, 0.15) is 24.8 Å². The molecule has 1 atom stereocenters. The van der Waals surface area contributed by atoms with Crippen LogP contribution in [0.4, 0.5) is 10.5 Å². The van der Waals surface area contributed by atoms with E-state index in [2.05, 4.69) is 10.1 Å². The molecule has 0 fully saturated rings. The van der Waals surface area contributed by atoms with Crippen LogP contribution in [0.25, 0.3) is 0 Å². The van der Waals surface area contributed by atoms with Crippen LogP contribution in [0, 0.1) is 0 Å². The fraction of sp³-hybridized carbons (Fsp3) is 0.471. The van der Waals surface area contributed by atoms with Crippen LogP contribution < -0.4 is 10.2 Å². The van der Waals surface area contributed by atoms with Crippen molar-refractivity contribution in [3.63, 3.8) is 0 Å². The van der Waals surface area contributed by atoms with Crippen LogP contribution in [0.3, 0.4) is 0 Å². The maximum Gasteiger partial charge on any atom is 0.328 e. The van der Waals surface area contributed by atoms with Crippen molar-refractivity contribution in [3.05, 3.63) is 29.8 Å². The molecule has 0 aliphatic carbocycles. The molecule has 0 saturated heterocycles. The highest BCUT2D eigenvalue weighted by molar-refractivity contribution is 5.95. The van der Waals surface area contributed by atoms with Crippen molar-refractivity contribution in [2.24, 2.45) is 0 Å². The quantitative estimate of drug-likeness (QED) is 0.828. The molecule has 130 valence electrons. The van der Waals surface area contributed by atoms with Crippen molar-refractivity contribution in [1.29, 1.82) is 0 Å². The number of urea groups is 1. The molecule has 2 rings (SSSR count). The predicted octanol–water partition coefficient (Wildman–Crippen LogP) is 1.64. The van der Waals surface area contributed by atoms with E-state index in [1.54, 1.807) is 4.90 Å². The number of hydrogen-bond acceptors (Lipinski definition) is 5. The SMILES string of the molecule is COC(=O)CC[C@H](NC(=O)N1CCCc2ccccc21)C(=O)OC. The number of aryl methyl sites for hydroxylation is 1. The third-order valence-electron chi connectivity index (χ3n) is 4.00. The maximum absolute atomic E-state index is 12.6. The molecule has 1 aromatic rings. The standard InChI is InChI=1S/C17H22N2O5/c1-23-15(20)10-9-13(16(21)24-2)18-17(22)19-11-5-7-12-6-3-4-8-14(12)19/h3-4,6,8,13H,5,7,9-11H2,1-2H3,(H,18,22)/t13-/m0/s1. The fourth-order valence-electron chi connectivity index (χ4n) is 2.73. The van der Waals surface area contributed by atoms with Crippen LogP contribution in [-0.4, -0.2) is 44.8 Å². The Labute approximate surface area is 140 Å². The molecule has 0 radical (unpaired) electrons. The molecular weight excluding hydrogens is 312 g/mol. The molecule has 0 unspecified atom stereocenters. The van der Waals surface area contributed by atoms with Gasteiger partial charge < -0.3 is 14.8 Å². The number of fused-ring (bicyclic) bond motifs is 1. The van der Waals surface area contributed by atoms with Gasteiger partial charge in [-0.2, -0.15) is 0 Å². The minimum absolute atomic E-state index is 0.0210. The van der Waals surface area contributed by atoms with Gasteiger partial charge in [-0.3, -0.25) is 9.69 Å². The molecule has 2 amide bonds. The Morgan fingerprint density at radius 3 is 2.67 bits per heavy atom. The molecular formula is C17H22N2O5. The van der Waals surface area contributed by atoms with E-state index in [0.717, 1.165) is 24.1 Å². The first kappa shape index (κ1) is 17.8. The van der Waals surface area contributed by atoms with Gasteiger partial charge in [0.25, 0.3) is 0 Å². The van der Waals surface area contributed by atoms with Gasteiger partial charge in [0.1, 0.15) is 6.04 Å². The first-order valence-corrected chi connectivity index (χ1v) is 7.87. The molecule has 7 nitrogen and oxygen atoms in total. The van der Waals surface area contributed by atoms with Gasteiger partial charge in [0.2, 0.25) is 0 Å². The summed E-state index contributed by atoms with van der Waals surface area (Å²) in [5.74, 6) is -1.03. The summed E-state index contributed by atoms with van der Waals surface area (Å²) < 4.78 is 9.28. The van der Waals surface area contributed by atoms with Gasteiger partial charge in [0.05, 0.1) is 14.2 Å². The summed E-state index contributed by atoms with van der Waals surface area (Å²) in [4.78, 5) is 37.4. The second kappa shape index (κ2) is 8.33. The summed E-state index contributed by atoms with van der Waals surface area (Å²) in [6.07, 6.45) is 1.92. The van der Waals surface area contributed by atoms with Crippen molar-refractivity contribution in [2.75, 3.05) is 25.7 Å². The van der Waals surface area contributed by atoms with E-state index in [9.17, 15) is 14.4 Å². The lowest BCUT2D eigenvalue weighted by atomic mass is 10.0.